The Balaban J connectivity index is 2.23. The minimum atomic E-state index is -3.58. The van der Waals surface area contributed by atoms with Gasteiger partial charge in [0.25, 0.3) is 0 Å². The summed E-state index contributed by atoms with van der Waals surface area (Å²) in [6.45, 7) is 8.25. The van der Waals surface area contributed by atoms with Crippen LogP contribution in [0.5, 0.6) is 5.75 Å². The molecule has 8 nitrogen and oxygen atoms in total. The number of rotatable bonds is 14. The van der Waals surface area contributed by atoms with Gasteiger partial charge in [0.15, 0.2) is 0 Å². The number of ether oxygens (including phenoxy) is 1. The van der Waals surface area contributed by atoms with Crippen LogP contribution in [0.4, 0.5) is 5.69 Å². The standard InChI is InChI=1S/C28H41N3O5S/c1-7-22(4)29-28(33)26(8-2)30(20-23-13-9-12-21(3)18-23)27(32)16-11-17-31(37(6,34)35)24-14-10-15-25(19-24)36-5/h9-10,12-15,18-19,22,26H,7-8,11,16-17,20H2,1-6H3,(H,29,33)/t22-,26+/m0/s1. The number of anilines is 1. The van der Waals surface area contributed by atoms with Gasteiger partial charge in [-0.2, -0.15) is 0 Å². The molecule has 0 saturated heterocycles. The lowest BCUT2D eigenvalue weighted by Gasteiger charge is -2.32. The van der Waals surface area contributed by atoms with Crippen LogP contribution >= 0.6 is 0 Å². The summed E-state index contributed by atoms with van der Waals surface area (Å²) in [5.41, 5.74) is 2.49. The van der Waals surface area contributed by atoms with Gasteiger partial charge in [-0.25, -0.2) is 8.42 Å². The first-order valence-electron chi connectivity index (χ1n) is 12.8. The van der Waals surface area contributed by atoms with E-state index in [4.69, 9.17) is 4.74 Å². The van der Waals surface area contributed by atoms with Crippen LogP contribution in [0.1, 0.15) is 57.6 Å². The lowest BCUT2D eigenvalue weighted by Crippen LogP contribution is -2.50. The highest BCUT2D eigenvalue weighted by atomic mass is 32.2. The number of amides is 2. The lowest BCUT2D eigenvalue weighted by molar-refractivity contribution is -0.141. The summed E-state index contributed by atoms with van der Waals surface area (Å²) in [4.78, 5) is 28.2. The molecular formula is C28H41N3O5S. The number of carbonyl (C=O) groups excluding carboxylic acids is 2. The molecular weight excluding hydrogens is 490 g/mol. The molecule has 0 bridgehead atoms. The van der Waals surface area contributed by atoms with Crippen LogP contribution in [0, 0.1) is 6.92 Å². The van der Waals surface area contributed by atoms with Crippen LogP contribution in [0.15, 0.2) is 48.5 Å². The van der Waals surface area contributed by atoms with Crippen LogP contribution in [-0.2, 0) is 26.2 Å². The van der Waals surface area contributed by atoms with E-state index in [1.807, 2.05) is 52.0 Å². The average Bonchev–Trinajstić information content (AvgIpc) is 2.85. The molecule has 0 spiro atoms. The minimum Gasteiger partial charge on any atom is -0.497 e. The van der Waals surface area contributed by atoms with Crippen molar-refractivity contribution in [2.24, 2.45) is 0 Å². The highest BCUT2D eigenvalue weighted by Gasteiger charge is 2.29. The molecule has 0 aliphatic carbocycles. The largest absolute Gasteiger partial charge is 0.497 e. The van der Waals surface area contributed by atoms with Gasteiger partial charge in [-0.1, -0.05) is 49.7 Å². The maximum absolute atomic E-state index is 13.5. The Morgan fingerprint density at radius 2 is 1.76 bits per heavy atom. The first-order chi connectivity index (χ1) is 17.5. The normalized spacial score (nSPS) is 12.9. The molecule has 0 heterocycles. The first kappa shape index (κ1) is 30.2. The zero-order valence-electron chi connectivity index (χ0n) is 22.9. The van der Waals surface area contributed by atoms with E-state index in [1.165, 1.54) is 11.4 Å². The number of aryl methyl sites for hydroxylation is 1. The molecule has 0 aliphatic heterocycles. The molecule has 0 aliphatic rings. The number of nitrogens with one attached hydrogen (secondary N) is 1. The quantitative estimate of drug-likeness (QED) is 0.393. The molecule has 2 amide bonds. The third-order valence-electron chi connectivity index (χ3n) is 6.32. The number of sulfonamides is 1. The van der Waals surface area contributed by atoms with Crippen molar-refractivity contribution in [2.45, 2.75) is 72.0 Å². The topological polar surface area (TPSA) is 96.0 Å². The predicted molar refractivity (Wildman–Crippen MR) is 148 cm³/mol. The molecule has 0 radical (unpaired) electrons. The first-order valence-corrected chi connectivity index (χ1v) is 14.6. The fourth-order valence-electron chi connectivity index (χ4n) is 4.14. The summed E-state index contributed by atoms with van der Waals surface area (Å²) in [7, 11) is -2.06. The van der Waals surface area contributed by atoms with Crippen molar-refractivity contribution >= 4 is 27.5 Å². The molecule has 204 valence electrons. The van der Waals surface area contributed by atoms with Crippen LogP contribution in [0.2, 0.25) is 0 Å². The second-order valence-electron chi connectivity index (χ2n) is 9.39. The molecule has 0 fully saturated rings. The predicted octanol–water partition coefficient (Wildman–Crippen LogP) is 4.27. The Labute approximate surface area is 222 Å². The monoisotopic (exact) mass is 531 g/mol. The molecule has 1 N–H and O–H groups in total. The van der Waals surface area contributed by atoms with Gasteiger partial charge in [0.2, 0.25) is 21.8 Å². The second kappa shape index (κ2) is 14.0. The number of hydrogen-bond donors (Lipinski definition) is 1. The fourth-order valence-corrected chi connectivity index (χ4v) is 5.09. The molecule has 2 atom stereocenters. The van der Waals surface area contributed by atoms with Crippen LogP contribution in [0.3, 0.4) is 0 Å². The van der Waals surface area contributed by atoms with E-state index < -0.39 is 16.1 Å². The average molecular weight is 532 g/mol. The van der Waals surface area contributed by atoms with Crippen molar-refractivity contribution in [3.63, 3.8) is 0 Å². The van der Waals surface area contributed by atoms with Crippen LogP contribution < -0.4 is 14.4 Å². The Morgan fingerprint density at radius 3 is 2.35 bits per heavy atom. The molecule has 9 heteroatoms. The second-order valence-corrected chi connectivity index (χ2v) is 11.3. The number of hydrogen-bond acceptors (Lipinski definition) is 5. The maximum atomic E-state index is 13.5. The van der Waals surface area contributed by atoms with E-state index in [9.17, 15) is 18.0 Å². The molecule has 2 aromatic rings. The highest BCUT2D eigenvalue weighted by Crippen LogP contribution is 2.24. The van der Waals surface area contributed by atoms with E-state index in [0.717, 1.165) is 23.8 Å². The number of nitrogens with zero attached hydrogens (tertiary/aromatic N) is 2. The summed E-state index contributed by atoms with van der Waals surface area (Å²) in [5.74, 6) is 0.184. The molecule has 0 unspecified atom stereocenters. The Kier molecular flexibility index (Phi) is 11.4. The van der Waals surface area contributed by atoms with E-state index in [1.54, 1.807) is 29.2 Å². The number of methoxy groups -OCH3 is 1. The fraction of sp³-hybridized carbons (Fsp3) is 0.500. The summed E-state index contributed by atoms with van der Waals surface area (Å²) < 4.78 is 31.6. The molecule has 0 saturated carbocycles. The van der Waals surface area contributed by atoms with E-state index in [2.05, 4.69) is 5.32 Å². The molecule has 2 rings (SSSR count). The van der Waals surface area contributed by atoms with Gasteiger partial charge in [0.05, 0.1) is 19.1 Å². The Hall–Kier alpha value is -3.07. The zero-order valence-corrected chi connectivity index (χ0v) is 23.7. The van der Waals surface area contributed by atoms with E-state index >= 15 is 0 Å². The lowest BCUT2D eigenvalue weighted by atomic mass is 10.1. The minimum absolute atomic E-state index is 0.00338. The van der Waals surface area contributed by atoms with Crippen molar-refractivity contribution in [1.29, 1.82) is 0 Å². The summed E-state index contributed by atoms with van der Waals surface area (Å²) in [6.07, 6.45) is 2.81. The van der Waals surface area contributed by atoms with E-state index in [0.29, 0.717) is 30.8 Å². The highest BCUT2D eigenvalue weighted by molar-refractivity contribution is 7.92. The maximum Gasteiger partial charge on any atom is 0.243 e. The van der Waals surface area contributed by atoms with Crippen LogP contribution in [-0.4, -0.2) is 57.1 Å². The third-order valence-corrected chi connectivity index (χ3v) is 7.51. The van der Waals surface area contributed by atoms with Crippen molar-refractivity contribution < 1.29 is 22.7 Å². The van der Waals surface area contributed by atoms with Gasteiger partial charge < -0.3 is 15.0 Å². The SMILES string of the molecule is CC[C@H](C(=O)N[C@@H](C)CC)N(Cc1cccc(C)c1)C(=O)CCCN(c1cccc(OC)c1)S(C)(=O)=O. The third kappa shape index (κ3) is 9.07. The van der Waals surface area contributed by atoms with Crippen molar-refractivity contribution in [3.8, 4) is 5.75 Å². The van der Waals surface area contributed by atoms with Crippen molar-refractivity contribution in [1.82, 2.24) is 10.2 Å². The number of benzene rings is 2. The van der Waals surface area contributed by atoms with Gasteiger partial charge in [-0.05, 0) is 50.8 Å². The molecule has 0 aromatic heterocycles. The smallest absolute Gasteiger partial charge is 0.243 e. The molecule has 37 heavy (non-hydrogen) atoms. The summed E-state index contributed by atoms with van der Waals surface area (Å²) in [5, 5.41) is 3.01. The van der Waals surface area contributed by atoms with E-state index in [-0.39, 0.29) is 30.8 Å². The van der Waals surface area contributed by atoms with Crippen molar-refractivity contribution in [3.05, 3.63) is 59.7 Å². The van der Waals surface area contributed by atoms with Gasteiger partial charge >= 0.3 is 0 Å². The Morgan fingerprint density at radius 1 is 1.05 bits per heavy atom. The number of carbonyl (C=O) groups is 2. The van der Waals surface area contributed by atoms with Crippen molar-refractivity contribution in [2.75, 3.05) is 24.2 Å². The van der Waals surface area contributed by atoms with Gasteiger partial charge in [0.1, 0.15) is 11.8 Å². The summed E-state index contributed by atoms with van der Waals surface area (Å²) >= 11 is 0. The Bertz CT molecular complexity index is 1150. The van der Waals surface area contributed by atoms with Gasteiger partial charge in [-0.15, -0.1) is 0 Å². The summed E-state index contributed by atoms with van der Waals surface area (Å²) in [6, 6.07) is 14.1. The zero-order chi connectivity index (χ0) is 27.6. The molecule has 2 aromatic carbocycles. The van der Waals surface area contributed by atoms with Gasteiger partial charge in [-0.3, -0.25) is 13.9 Å². The van der Waals surface area contributed by atoms with Crippen LogP contribution in [0.25, 0.3) is 0 Å². The van der Waals surface area contributed by atoms with Gasteiger partial charge in [0, 0.05) is 31.6 Å².